The van der Waals surface area contributed by atoms with Crippen LogP contribution in [0.2, 0.25) is 0 Å². The van der Waals surface area contributed by atoms with E-state index >= 15 is 0 Å². The molecule has 0 bridgehead atoms. The Kier molecular flexibility index (Phi) is 4.43. The third-order valence-electron chi connectivity index (χ3n) is 2.03. The molecule has 0 saturated carbocycles. The van der Waals surface area contributed by atoms with Gasteiger partial charge in [0, 0.05) is 20.0 Å². The second kappa shape index (κ2) is 5.62. The second-order valence-electron chi connectivity index (χ2n) is 3.16. The molecule has 0 aliphatic rings. The van der Waals surface area contributed by atoms with Crippen LogP contribution in [0.4, 0.5) is 0 Å². The van der Waals surface area contributed by atoms with Gasteiger partial charge in [-0.2, -0.15) is 0 Å². The smallest absolute Gasteiger partial charge is 0.0705 e. The first kappa shape index (κ1) is 11.8. The quantitative estimate of drug-likeness (QED) is 0.621. The van der Waals surface area contributed by atoms with Crippen LogP contribution in [0, 0.1) is 0 Å². The maximum Gasteiger partial charge on any atom is 0.0705 e. The van der Waals surface area contributed by atoms with Gasteiger partial charge in [0.2, 0.25) is 0 Å². The minimum Gasteiger partial charge on any atom is -0.139 e. The van der Waals surface area contributed by atoms with E-state index in [1.165, 1.54) is 31.3 Å². The molecule has 0 atom stereocenters. The van der Waals surface area contributed by atoms with Crippen LogP contribution in [0.15, 0.2) is 28.1 Å². The molecule has 0 radical (unpaired) electrons. The lowest BCUT2D eigenvalue weighted by Crippen LogP contribution is -1.79. The fraction of sp³-hybridized carbons (Fsp3) is 0.273. The van der Waals surface area contributed by atoms with Crippen molar-refractivity contribution in [3.8, 4) is 9.75 Å². The largest absolute Gasteiger partial charge is 0.139 e. The van der Waals surface area contributed by atoms with E-state index in [0.717, 1.165) is 5.33 Å². The molecule has 0 aliphatic carbocycles. The molecule has 0 N–H and O–H groups in total. The van der Waals surface area contributed by atoms with Crippen LogP contribution in [0.25, 0.3) is 9.75 Å². The minimum absolute atomic E-state index is 1.09. The summed E-state index contributed by atoms with van der Waals surface area (Å²) in [4.78, 5) is 4.22. The standard InChI is InChI=1S/C11H10Br2S2/c12-7-1-2-8-3-4-9(14-8)10-5-6-11(13)15-10/h3-6H,1-2,7H2. The first-order valence-electron chi connectivity index (χ1n) is 4.70. The average molecular weight is 366 g/mol. The SMILES string of the molecule is BrCCCc1ccc(-c2ccc(Br)s2)s1. The van der Waals surface area contributed by atoms with Gasteiger partial charge in [0.15, 0.2) is 0 Å². The molecule has 2 rings (SSSR count). The Bertz CT molecular complexity index is 431. The number of hydrogen-bond acceptors (Lipinski definition) is 2. The molecular formula is C11H10Br2S2. The van der Waals surface area contributed by atoms with Crippen molar-refractivity contribution in [2.45, 2.75) is 12.8 Å². The lowest BCUT2D eigenvalue weighted by Gasteiger charge is -1.92. The molecule has 0 aliphatic heterocycles. The summed E-state index contributed by atoms with van der Waals surface area (Å²) in [5.74, 6) is 0. The molecule has 80 valence electrons. The predicted octanol–water partition coefficient (Wildman–Crippen LogP) is 5.57. The molecule has 0 fully saturated rings. The van der Waals surface area contributed by atoms with Crippen molar-refractivity contribution in [3.05, 3.63) is 32.9 Å². The van der Waals surface area contributed by atoms with Gasteiger partial charge in [-0.15, -0.1) is 22.7 Å². The summed E-state index contributed by atoms with van der Waals surface area (Å²) in [7, 11) is 0. The predicted molar refractivity (Wildman–Crippen MR) is 77.4 cm³/mol. The van der Waals surface area contributed by atoms with E-state index in [-0.39, 0.29) is 0 Å². The van der Waals surface area contributed by atoms with E-state index in [0.29, 0.717) is 0 Å². The highest BCUT2D eigenvalue weighted by atomic mass is 79.9. The zero-order valence-electron chi connectivity index (χ0n) is 8.00. The molecular weight excluding hydrogens is 356 g/mol. The Morgan fingerprint density at radius 2 is 1.73 bits per heavy atom. The van der Waals surface area contributed by atoms with Crippen molar-refractivity contribution in [1.29, 1.82) is 0 Å². The molecule has 0 unspecified atom stereocenters. The first-order chi connectivity index (χ1) is 7.29. The Labute approximate surface area is 115 Å². The first-order valence-corrected chi connectivity index (χ1v) is 8.25. The highest BCUT2D eigenvalue weighted by Gasteiger charge is 2.04. The van der Waals surface area contributed by atoms with Gasteiger partial charge in [0.1, 0.15) is 0 Å². The molecule has 0 nitrogen and oxygen atoms in total. The summed E-state index contributed by atoms with van der Waals surface area (Å²) in [5, 5.41) is 1.09. The lowest BCUT2D eigenvalue weighted by molar-refractivity contribution is 0.959. The molecule has 0 spiro atoms. The van der Waals surface area contributed by atoms with Gasteiger partial charge in [-0.25, -0.2) is 0 Å². The maximum absolute atomic E-state index is 3.50. The fourth-order valence-corrected chi connectivity index (χ4v) is 4.14. The summed E-state index contributed by atoms with van der Waals surface area (Å²) < 4.78 is 1.20. The number of rotatable bonds is 4. The van der Waals surface area contributed by atoms with Crippen LogP contribution >= 0.6 is 54.5 Å². The van der Waals surface area contributed by atoms with Gasteiger partial charge in [-0.1, -0.05) is 15.9 Å². The van der Waals surface area contributed by atoms with Crippen LogP contribution < -0.4 is 0 Å². The summed E-state index contributed by atoms with van der Waals surface area (Å²) >= 11 is 10.7. The third kappa shape index (κ3) is 3.16. The Morgan fingerprint density at radius 3 is 2.40 bits per heavy atom. The number of thiophene rings is 2. The topological polar surface area (TPSA) is 0 Å². The number of halogens is 2. The van der Waals surface area contributed by atoms with E-state index < -0.39 is 0 Å². The van der Waals surface area contributed by atoms with E-state index in [1.54, 1.807) is 11.3 Å². The molecule has 2 heterocycles. The highest BCUT2D eigenvalue weighted by molar-refractivity contribution is 9.11. The zero-order valence-corrected chi connectivity index (χ0v) is 12.8. The van der Waals surface area contributed by atoms with Crippen molar-refractivity contribution in [2.75, 3.05) is 5.33 Å². The number of aryl methyl sites for hydroxylation is 1. The van der Waals surface area contributed by atoms with E-state index in [2.05, 4.69) is 56.1 Å². The molecule has 2 aromatic heterocycles. The van der Waals surface area contributed by atoms with Gasteiger partial charge < -0.3 is 0 Å². The van der Waals surface area contributed by atoms with E-state index in [4.69, 9.17) is 0 Å². The van der Waals surface area contributed by atoms with Crippen molar-refractivity contribution in [3.63, 3.8) is 0 Å². The van der Waals surface area contributed by atoms with Gasteiger partial charge in [0.25, 0.3) is 0 Å². The Balaban J connectivity index is 2.13. The van der Waals surface area contributed by atoms with Crippen LogP contribution in [-0.2, 0) is 6.42 Å². The van der Waals surface area contributed by atoms with Crippen LogP contribution in [-0.4, -0.2) is 5.33 Å². The van der Waals surface area contributed by atoms with Crippen molar-refractivity contribution in [2.24, 2.45) is 0 Å². The summed E-state index contributed by atoms with van der Waals surface area (Å²) in [6.07, 6.45) is 2.40. The molecule has 0 aromatic carbocycles. The molecule has 0 saturated heterocycles. The third-order valence-corrected chi connectivity index (χ3v) is 5.56. The maximum atomic E-state index is 3.50. The molecule has 4 heteroatoms. The number of hydrogen-bond donors (Lipinski definition) is 0. The summed E-state index contributed by atoms with van der Waals surface area (Å²) in [6.45, 7) is 0. The van der Waals surface area contributed by atoms with Crippen molar-refractivity contribution in [1.82, 2.24) is 0 Å². The second-order valence-corrected chi connectivity index (χ2v) is 7.59. The zero-order chi connectivity index (χ0) is 10.7. The van der Waals surface area contributed by atoms with Gasteiger partial charge in [-0.05, 0) is 53.0 Å². The summed E-state index contributed by atoms with van der Waals surface area (Å²) in [5.41, 5.74) is 0. The van der Waals surface area contributed by atoms with Crippen molar-refractivity contribution >= 4 is 54.5 Å². The van der Waals surface area contributed by atoms with Gasteiger partial charge in [-0.3, -0.25) is 0 Å². The van der Waals surface area contributed by atoms with Crippen molar-refractivity contribution < 1.29 is 0 Å². The Morgan fingerprint density at radius 1 is 1.00 bits per heavy atom. The molecule has 15 heavy (non-hydrogen) atoms. The minimum atomic E-state index is 1.09. The van der Waals surface area contributed by atoms with Gasteiger partial charge >= 0.3 is 0 Å². The normalized spacial score (nSPS) is 10.8. The molecule has 0 amide bonds. The van der Waals surface area contributed by atoms with Crippen LogP contribution in [0.3, 0.4) is 0 Å². The lowest BCUT2D eigenvalue weighted by atomic mass is 10.3. The van der Waals surface area contributed by atoms with Crippen LogP contribution in [0.1, 0.15) is 11.3 Å². The average Bonchev–Trinajstić information content (AvgIpc) is 2.83. The molecule has 2 aromatic rings. The summed E-state index contributed by atoms with van der Waals surface area (Å²) in [6, 6.07) is 8.76. The highest BCUT2D eigenvalue weighted by Crippen LogP contribution is 2.35. The Hall–Kier alpha value is 0.360. The monoisotopic (exact) mass is 364 g/mol. The van der Waals surface area contributed by atoms with E-state index in [1.807, 2.05) is 11.3 Å². The van der Waals surface area contributed by atoms with Gasteiger partial charge in [0.05, 0.1) is 3.79 Å². The number of alkyl halides is 1. The fourth-order valence-electron chi connectivity index (χ4n) is 1.33. The van der Waals surface area contributed by atoms with Crippen LogP contribution in [0.5, 0.6) is 0 Å². The van der Waals surface area contributed by atoms with E-state index in [9.17, 15) is 0 Å².